The number of nitrogens with zero attached hydrogens (tertiary/aromatic N) is 2. The smallest absolute Gasteiger partial charge is 0.227 e. The van der Waals surface area contributed by atoms with Crippen molar-refractivity contribution in [1.29, 1.82) is 0 Å². The van der Waals surface area contributed by atoms with E-state index in [9.17, 15) is 4.79 Å². The Bertz CT molecular complexity index is 758. The van der Waals surface area contributed by atoms with Crippen LogP contribution >= 0.6 is 0 Å². The molecule has 136 valence electrons. The Morgan fingerprint density at radius 3 is 2.65 bits per heavy atom. The molecule has 0 atom stereocenters. The van der Waals surface area contributed by atoms with Crippen LogP contribution < -0.4 is 15.5 Å². The van der Waals surface area contributed by atoms with E-state index in [0.29, 0.717) is 6.42 Å². The van der Waals surface area contributed by atoms with Gasteiger partial charge in [-0.1, -0.05) is 48.5 Å². The first kappa shape index (κ1) is 18.0. The highest BCUT2D eigenvalue weighted by Gasteiger charge is 2.23. The third-order valence-electron chi connectivity index (χ3n) is 4.57. The van der Waals surface area contributed by atoms with Crippen molar-refractivity contribution in [2.24, 2.45) is 4.99 Å². The van der Waals surface area contributed by atoms with Crippen molar-refractivity contribution in [3.8, 4) is 0 Å². The van der Waals surface area contributed by atoms with Crippen molar-refractivity contribution in [2.75, 3.05) is 25.0 Å². The molecule has 0 aromatic heterocycles. The Labute approximate surface area is 155 Å². The normalized spacial score (nSPS) is 13.4. The highest BCUT2D eigenvalue weighted by molar-refractivity contribution is 5.95. The summed E-state index contributed by atoms with van der Waals surface area (Å²) >= 11 is 0. The predicted octanol–water partition coefficient (Wildman–Crippen LogP) is 2.72. The molecule has 26 heavy (non-hydrogen) atoms. The molecule has 1 amide bonds. The minimum atomic E-state index is 0.198. The zero-order chi connectivity index (χ0) is 18.2. The van der Waals surface area contributed by atoms with Crippen molar-refractivity contribution in [2.45, 2.75) is 25.8 Å². The van der Waals surface area contributed by atoms with E-state index in [1.807, 2.05) is 41.3 Å². The maximum atomic E-state index is 12.5. The van der Waals surface area contributed by atoms with Crippen LogP contribution in [0.1, 0.15) is 24.0 Å². The van der Waals surface area contributed by atoms with Gasteiger partial charge in [0, 0.05) is 38.8 Å². The van der Waals surface area contributed by atoms with Gasteiger partial charge in [0.1, 0.15) is 0 Å². The van der Waals surface area contributed by atoms with Crippen molar-refractivity contribution < 1.29 is 4.79 Å². The number of benzene rings is 2. The van der Waals surface area contributed by atoms with E-state index >= 15 is 0 Å². The number of aliphatic imine (C=N–C) groups is 1. The monoisotopic (exact) mass is 350 g/mol. The Balaban J connectivity index is 1.39. The van der Waals surface area contributed by atoms with Crippen LogP contribution in [0.4, 0.5) is 5.69 Å². The van der Waals surface area contributed by atoms with Crippen molar-refractivity contribution in [3.05, 3.63) is 65.7 Å². The molecule has 3 rings (SSSR count). The first-order valence-electron chi connectivity index (χ1n) is 9.14. The molecule has 1 heterocycles. The third kappa shape index (κ3) is 4.63. The SMILES string of the molecule is CN=C(NCCCC(=O)N1CCc2ccccc21)NCc1ccccc1. The van der Waals surface area contributed by atoms with Gasteiger partial charge in [-0.2, -0.15) is 0 Å². The number of nitrogens with one attached hydrogen (secondary N) is 2. The second-order valence-electron chi connectivity index (χ2n) is 6.37. The van der Waals surface area contributed by atoms with E-state index in [0.717, 1.165) is 44.1 Å². The molecule has 1 aliphatic rings. The van der Waals surface area contributed by atoms with E-state index in [1.54, 1.807) is 7.05 Å². The van der Waals surface area contributed by atoms with Gasteiger partial charge in [0.15, 0.2) is 5.96 Å². The van der Waals surface area contributed by atoms with Gasteiger partial charge in [0.2, 0.25) is 5.91 Å². The number of amides is 1. The van der Waals surface area contributed by atoms with Crippen molar-refractivity contribution in [1.82, 2.24) is 10.6 Å². The number of para-hydroxylation sites is 1. The summed E-state index contributed by atoms with van der Waals surface area (Å²) in [4.78, 5) is 18.6. The number of carbonyl (C=O) groups is 1. The van der Waals surface area contributed by atoms with Gasteiger partial charge in [0.05, 0.1) is 0 Å². The van der Waals surface area contributed by atoms with E-state index in [4.69, 9.17) is 0 Å². The van der Waals surface area contributed by atoms with Gasteiger partial charge in [-0.15, -0.1) is 0 Å². The summed E-state index contributed by atoms with van der Waals surface area (Å²) in [5.74, 6) is 0.955. The highest BCUT2D eigenvalue weighted by atomic mass is 16.2. The molecule has 0 unspecified atom stereocenters. The molecule has 0 spiro atoms. The number of hydrogen-bond donors (Lipinski definition) is 2. The molecule has 2 aromatic carbocycles. The van der Waals surface area contributed by atoms with E-state index in [1.165, 1.54) is 11.1 Å². The van der Waals surface area contributed by atoms with Crippen LogP contribution in [-0.2, 0) is 17.8 Å². The second kappa shape index (κ2) is 9.04. The summed E-state index contributed by atoms with van der Waals surface area (Å²) in [6.45, 7) is 2.24. The first-order valence-corrected chi connectivity index (χ1v) is 9.14. The molecule has 0 bridgehead atoms. The Morgan fingerprint density at radius 1 is 1.08 bits per heavy atom. The topological polar surface area (TPSA) is 56.7 Å². The van der Waals surface area contributed by atoms with Crippen molar-refractivity contribution in [3.63, 3.8) is 0 Å². The van der Waals surface area contributed by atoms with Crippen LogP contribution in [-0.4, -0.2) is 32.0 Å². The lowest BCUT2D eigenvalue weighted by Gasteiger charge is -2.17. The number of anilines is 1. The molecule has 0 fully saturated rings. The molecule has 0 saturated heterocycles. The Hall–Kier alpha value is -2.82. The lowest BCUT2D eigenvalue weighted by molar-refractivity contribution is -0.118. The highest BCUT2D eigenvalue weighted by Crippen LogP contribution is 2.27. The van der Waals surface area contributed by atoms with Gasteiger partial charge in [0.25, 0.3) is 0 Å². The molecule has 0 radical (unpaired) electrons. The van der Waals surface area contributed by atoms with Crippen LogP contribution in [0.3, 0.4) is 0 Å². The van der Waals surface area contributed by atoms with E-state index in [2.05, 4.69) is 33.8 Å². The first-order chi connectivity index (χ1) is 12.8. The fourth-order valence-corrected chi connectivity index (χ4v) is 3.18. The molecule has 5 heteroatoms. The van der Waals surface area contributed by atoms with Crippen LogP contribution in [0.25, 0.3) is 0 Å². The zero-order valence-corrected chi connectivity index (χ0v) is 15.2. The lowest BCUT2D eigenvalue weighted by Crippen LogP contribution is -2.37. The number of carbonyl (C=O) groups excluding carboxylic acids is 1. The summed E-state index contributed by atoms with van der Waals surface area (Å²) in [6, 6.07) is 18.4. The lowest BCUT2D eigenvalue weighted by atomic mass is 10.2. The summed E-state index contributed by atoms with van der Waals surface area (Å²) in [5, 5.41) is 6.56. The molecule has 1 aliphatic heterocycles. The summed E-state index contributed by atoms with van der Waals surface area (Å²) in [7, 11) is 1.76. The molecule has 5 nitrogen and oxygen atoms in total. The number of fused-ring (bicyclic) bond motifs is 1. The van der Waals surface area contributed by atoms with Crippen LogP contribution in [0, 0.1) is 0 Å². The standard InChI is InChI=1S/C21H26N4O/c1-22-21(24-16-17-8-3-2-4-9-17)23-14-7-12-20(26)25-15-13-18-10-5-6-11-19(18)25/h2-6,8-11H,7,12-16H2,1H3,(H2,22,23,24). The van der Waals surface area contributed by atoms with E-state index < -0.39 is 0 Å². The largest absolute Gasteiger partial charge is 0.356 e. The number of rotatable bonds is 6. The molecular weight excluding hydrogens is 324 g/mol. The average Bonchev–Trinajstić information content (AvgIpc) is 3.12. The molecule has 2 N–H and O–H groups in total. The van der Waals surface area contributed by atoms with Crippen LogP contribution in [0.15, 0.2) is 59.6 Å². The fourth-order valence-electron chi connectivity index (χ4n) is 3.18. The fraction of sp³-hybridized carbons (Fsp3) is 0.333. The van der Waals surface area contributed by atoms with Crippen LogP contribution in [0.5, 0.6) is 0 Å². The van der Waals surface area contributed by atoms with E-state index in [-0.39, 0.29) is 5.91 Å². The van der Waals surface area contributed by atoms with Gasteiger partial charge in [-0.05, 0) is 30.0 Å². The van der Waals surface area contributed by atoms with Gasteiger partial charge < -0.3 is 15.5 Å². The molecule has 2 aromatic rings. The summed E-state index contributed by atoms with van der Waals surface area (Å²) < 4.78 is 0. The summed E-state index contributed by atoms with van der Waals surface area (Å²) in [6.07, 6.45) is 2.27. The molecule has 0 aliphatic carbocycles. The Morgan fingerprint density at radius 2 is 1.85 bits per heavy atom. The van der Waals surface area contributed by atoms with Gasteiger partial charge >= 0.3 is 0 Å². The molecular formula is C21H26N4O. The minimum absolute atomic E-state index is 0.198. The Kier molecular flexibility index (Phi) is 6.25. The molecule has 0 saturated carbocycles. The second-order valence-corrected chi connectivity index (χ2v) is 6.37. The van der Waals surface area contributed by atoms with Crippen LogP contribution in [0.2, 0.25) is 0 Å². The quantitative estimate of drug-likeness (QED) is 0.478. The average molecular weight is 350 g/mol. The minimum Gasteiger partial charge on any atom is -0.356 e. The maximum Gasteiger partial charge on any atom is 0.227 e. The zero-order valence-electron chi connectivity index (χ0n) is 15.2. The van der Waals surface area contributed by atoms with Gasteiger partial charge in [-0.3, -0.25) is 9.79 Å². The maximum absolute atomic E-state index is 12.5. The summed E-state index contributed by atoms with van der Waals surface area (Å²) in [5.41, 5.74) is 3.55. The third-order valence-corrected chi connectivity index (χ3v) is 4.57. The van der Waals surface area contributed by atoms with Gasteiger partial charge in [-0.25, -0.2) is 0 Å². The number of guanidine groups is 1. The van der Waals surface area contributed by atoms with Crippen molar-refractivity contribution >= 4 is 17.6 Å². The predicted molar refractivity (Wildman–Crippen MR) is 106 cm³/mol. The number of hydrogen-bond acceptors (Lipinski definition) is 2.